The quantitative estimate of drug-likeness (QED) is 0.603. The smallest absolute Gasteiger partial charge is 0.311 e. The number of hydrogen-bond donors (Lipinski definition) is 0. The van der Waals surface area contributed by atoms with Gasteiger partial charge < -0.3 is 9.05 Å². The van der Waals surface area contributed by atoms with E-state index in [0.29, 0.717) is 0 Å². The van der Waals surface area contributed by atoms with Crippen molar-refractivity contribution in [1.82, 2.24) is 0 Å². The minimum absolute atomic E-state index is 0.194. The van der Waals surface area contributed by atoms with E-state index in [2.05, 4.69) is 0 Å². The van der Waals surface area contributed by atoms with Crippen molar-refractivity contribution < 1.29 is 13.6 Å². The fourth-order valence-electron chi connectivity index (χ4n) is 0.983. The predicted octanol–water partition coefficient (Wildman–Crippen LogP) is 4.51. The third kappa shape index (κ3) is 2.37. The van der Waals surface area contributed by atoms with Crippen LogP contribution in [0.15, 0.2) is 8.42 Å². The second-order valence-corrected chi connectivity index (χ2v) is 11.8. The Morgan fingerprint density at radius 2 is 1.67 bits per heavy atom. The van der Waals surface area contributed by atoms with E-state index in [1.807, 2.05) is 0 Å². The Kier molecular flexibility index (Phi) is 4.00. The molecule has 0 amide bonds. The Labute approximate surface area is 109 Å². The number of fused-ring (bicyclic) bond motifs is 1. The molecule has 1 aliphatic rings. The Balaban J connectivity index is 2.23. The van der Waals surface area contributed by atoms with E-state index >= 15 is 0 Å². The molecule has 15 heavy (non-hydrogen) atoms. The van der Waals surface area contributed by atoms with Crippen molar-refractivity contribution in [2.45, 2.75) is 12.7 Å². The lowest BCUT2D eigenvalue weighted by molar-refractivity contribution is 0.279. The van der Waals surface area contributed by atoms with Gasteiger partial charge in [0.15, 0.2) is 4.32 Å². The van der Waals surface area contributed by atoms with E-state index in [9.17, 15) is 4.57 Å². The molecule has 2 heterocycles. The van der Waals surface area contributed by atoms with Gasteiger partial charge in [0.2, 0.25) is 0 Å². The molecule has 1 aromatic rings. The summed E-state index contributed by atoms with van der Waals surface area (Å²) in [7, 11) is -0.155. The molecule has 1 aromatic heterocycles. The van der Waals surface area contributed by atoms with Gasteiger partial charge in [-0.3, -0.25) is 4.57 Å². The molecule has 9 heteroatoms. The normalized spacial score (nSPS) is 16.9. The van der Waals surface area contributed by atoms with Gasteiger partial charge in [-0.25, -0.2) is 0 Å². The molecule has 1 aliphatic heterocycles. The Bertz CT molecular complexity index is 431. The minimum atomic E-state index is -2.99. The Morgan fingerprint density at radius 3 is 2.07 bits per heavy atom. The average Bonchev–Trinajstić information content (AvgIpc) is 2.73. The van der Waals surface area contributed by atoms with E-state index in [-0.39, 0.29) is 4.32 Å². The van der Waals surface area contributed by atoms with Crippen LogP contribution >= 0.6 is 66.0 Å². The van der Waals surface area contributed by atoms with Gasteiger partial charge in [-0.1, -0.05) is 35.7 Å². The molecule has 2 rings (SSSR count). The van der Waals surface area contributed by atoms with Crippen LogP contribution in [-0.2, 0) is 13.6 Å². The molecule has 3 nitrogen and oxygen atoms in total. The van der Waals surface area contributed by atoms with Gasteiger partial charge in [0.1, 0.15) is 3.14 Å². The van der Waals surface area contributed by atoms with Gasteiger partial charge in [0.25, 0.3) is 0 Å². The standard InChI is InChI=1S/C6H7O3PS5/c1-8-10(7,9-2)5-12-3-4(13-5)15-6(11)14-3/h5H,1-2H3. The molecule has 0 aliphatic carbocycles. The van der Waals surface area contributed by atoms with E-state index in [0.717, 1.165) is 11.6 Å². The van der Waals surface area contributed by atoms with Crippen LogP contribution in [-0.4, -0.2) is 18.5 Å². The zero-order valence-electron chi connectivity index (χ0n) is 7.79. The van der Waals surface area contributed by atoms with Crippen LogP contribution in [0.2, 0.25) is 0 Å². The molecule has 0 bridgehead atoms. The summed E-state index contributed by atoms with van der Waals surface area (Å²) in [5.41, 5.74) is 0. The lowest BCUT2D eigenvalue weighted by atomic mass is 11.1. The topological polar surface area (TPSA) is 35.5 Å². The molecule has 0 radical (unpaired) electrons. The Morgan fingerprint density at radius 1 is 1.20 bits per heavy atom. The van der Waals surface area contributed by atoms with Crippen molar-refractivity contribution in [2.75, 3.05) is 14.2 Å². The number of hydrogen-bond acceptors (Lipinski definition) is 8. The summed E-state index contributed by atoms with van der Waals surface area (Å²) in [5, 5.41) is 0. The van der Waals surface area contributed by atoms with Crippen molar-refractivity contribution in [3.05, 3.63) is 3.14 Å². The second kappa shape index (κ2) is 4.78. The highest BCUT2D eigenvalue weighted by molar-refractivity contribution is 8.27. The number of thioether (sulfide) groups is 2. The SMILES string of the molecule is COP(=O)(OC)C1Sc2sc(=S)sc2S1. The maximum Gasteiger partial charge on any atom is 0.353 e. The first-order valence-corrected chi connectivity index (χ1v) is 9.19. The highest BCUT2D eigenvalue weighted by Crippen LogP contribution is 2.69. The van der Waals surface area contributed by atoms with E-state index in [1.54, 1.807) is 22.7 Å². The lowest BCUT2D eigenvalue weighted by Crippen LogP contribution is -1.99. The fraction of sp³-hybridized carbons (Fsp3) is 0.500. The van der Waals surface area contributed by atoms with Crippen LogP contribution in [0.1, 0.15) is 0 Å². The molecule has 0 saturated heterocycles. The molecule has 0 spiro atoms. The molecule has 0 fully saturated rings. The largest absolute Gasteiger partial charge is 0.353 e. The first-order valence-electron chi connectivity index (χ1n) is 3.77. The van der Waals surface area contributed by atoms with E-state index in [4.69, 9.17) is 21.3 Å². The maximum atomic E-state index is 12.1. The zero-order chi connectivity index (χ0) is 11.1. The summed E-state index contributed by atoms with van der Waals surface area (Å²) in [4.78, 5) is 0. The van der Waals surface area contributed by atoms with Crippen LogP contribution in [0, 0.1) is 3.14 Å². The maximum absolute atomic E-state index is 12.1. The highest BCUT2D eigenvalue weighted by atomic mass is 32.3. The predicted molar refractivity (Wildman–Crippen MR) is 70.2 cm³/mol. The summed E-state index contributed by atoms with van der Waals surface area (Å²) in [5.74, 6) is 0. The molecular weight excluding hydrogens is 311 g/mol. The molecule has 0 atom stereocenters. The summed E-state index contributed by atoms with van der Waals surface area (Å²) in [6.07, 6.45) is 0. The average molecular weight is 318 g/mol. The van der Waals surface area contributed by atoms with Crippen molar-refractivity contribution in [3.63, 3.8) is 0 Å². The number of rotatable bonds is 3. The summed E-state index contributed by atoms with van der Waals surface area (Å²) in [6.45, 7) is 0. The van der Waals surface area contributed by atoms with Crippen molar-refractivity contribution in [2.24, 2.45) is 0 Å². The third-order valence-corrected chi connectivity index (χ3v) is 10.9. The monoisotopic (exact) mass is 318 g/mol. The molecule has 84 valence electrons. The van der Waals surface area contributed by atoms with Gasteiger partial charge in [-0.2, -0.15) is 0 Å². The lowest BCUT2D eigenvalue weighted by Gasteiger charge is -2.17. The second-order valence-electron chi connectivity index (χ2n) is 2.48. The Hall–Kier alpha value is 1.12. The van der Waals surface area contributed by atoms with Gasteiger partial charge >= 0.3 is 7.60 Å². The van der Waals surface area contributed by atoms with Crippen LogP contribution in [0.25, 0.3) is 0 Å². The highest BCUT2D eigenvalue weighted by Gasteiger charge is 2.41. The van der Waals surface area contributed by atoms with Gasteiger partial charge in [0.05, 0.1) is 8.42 Å². The van der Waals surface area contributed by atoms with Crippen molar-refractivity contribution >= 4 is 66.0 Å². The molecule has 0 N–H and O–H groups in total. The van der Waals surface area contributed by atoms with E-state index in [1.165, 1.54) is 37.7 Å². The fourth-order valence-corrected chi connectivity index (χ4v) is 11.1. The summed E-state index contributed by atoms with van der Waals surface area (Å²) < 4.78 is 25.0. The van der Waals surface area contributed by atoms with Crippen LogP contribution in [0.3, 0.4) is 0 Å². The van der Waals surface area contributed by atoms with Gasteiger partial charge in [0, 0.05) is 14.2 Å². The zero-order valence-corrected chi connectivity index (χ0v) is 12.8. The first-order chi connectivity index (χ1) is 7.09. The minimum Gasteiger partial charge on any atom is -0.311 e. The van der Waals surface area contributed by atoms with Crippen molar-refractivity contribution in [1.29, 1.82) is 0 Å². The third-order valence-electron chi connectivity index (χ3n) is 1.70. The summed E-state index contributed by atoms with van der Waals surface area (Å²) >= 11 is 11.3. The molecule has 0 unspecified atom stereocenters. The summed E-state index contributed by atoms with van der Waals surface area (Å²) in [6, 6.07) is 0. The van der Waals surface area contributed by atoms with Gasteiger partial charge in [-0.05, 0) is 0 Å². The molecule has 0 saturated carbocycles. The molecular formula is C6H7O3PS5. The van der Waals surface area contributed by atoms with Crippen molar-refractivity contribution in [3.8, 4) is 0 Å². The van der Waals surface area contributed by atoms with Crippen LogP contribution in [0.4, 0.5) is 0 Å². The van der Waals surface area contributed by atoms with E-state index < -0.39 is 7.60 Å². The van der Waals surface area contributed by atoms with Gasteiger partial charge in [-0.15, -0.1) is 22.7 Å². The van der Waals surface area contributed by atoms with Crippen LogP contribution in [0.5, 0.6) is 0 Å². The van der Waals surface area contributed by atoms with Crippen LogP contribution < -0.4 is 0 Å². The molecule has 0 aromatic carbocycles. The first kappa shape index (κ1) is 12.6.